The summed E-state index contributed by atoms with van der Waals surface area (Å²) in [6.45, 7) is 2.03. The summed E-state index contributed by atoms with van der Waals surface area (Å²) in [7, 11) is 3.94. The number of rotatable bonds is 3. The van der Waals surface area contributed by atoms with E-state index in [1.54, 1.807) is 22.9 Å². The molecule has 0 bridgehead atoms. The van der Waals surface area contributed by atoms with Crippen molar-refractivity contribution in [2.75, 3.05) is 19.0 Å². The Kier molecular flexibility index (Phi) is 3.10. The Morgan fingerprint density at radius 1 is 1.28 bits per heavy atom. The van der Waals surface area contributed by atoms with Gasteiger partial charge in [-0.3, -0.25) is 0 Å². The van der Waals surface area contributed by atoms with Crippen molar-refractivity contribution in [1.82, 2.24) is 4.57 Å². The van der Waals surface area contributed by atoms with Crippen LogP contribution < -0.4 is 4.90 Å². The average Bonchev–Trinajstić information content (AvgIpc) is 2.78. The number of aromatic carboxylic acids is 1. The lowest BCUT2D eigenvalue weighted by Crippen LogP contribution is -2.12. The number of carboxylic acid groups (broad SMARTS) is 1. The number of carbonyl (C=O) groups is 1. The zero-order chi connectivity index (χ0) is 13.3. The van der Waals surface area contributed by atoms with Crippen molar-refractivity contribution >= 4 is 11.7 Å². The molecule has 0 aliphatic carbocycles. The fourth-order valence-electron chi connectivity index (χ4n) is 2.01. The molecule has 1 heterocycles. The molecule has 0 aliphatic rings. The van der Waals surface area contributed by atoms with E-state index >= 15 is 0 Å². The van der Waals surface area contributed by atoms with Crippen molar-refractivity contribution < 1.29 is 9.90 Å². The van der Waals surface area contributed by atoms with Crippen LogP contribution in [0.1, 0.15) is 16.1 Å². The van der Waals surface area contributed by atoms with Crippen LogP contribution >= 0.6 is 0 Å². The standard InChI is InChI=1S/C14H16N2O2/c1-10-6-7-11(9-13(10)15(2)3)16-8-4-5-12(16)14(17)18/h4-9H,1-3H3,(H,17,18). The molecule has 0 fully saturated rings. The second-order valence-corrected chi connectivity index (χ2v) is 4.43. The van der Waals surface area contributed by atoms with Crippen molar-refractivity contribution in [3.63, 3.8) is 0 Å². The minimum Gasteiger partial charge on any atom is -0.477 e. The Morgan fingerprint density at radius 2 is 2.00 bits per heavy atom. The first-order valence-corrected chi connectivity index (χ1v) is 5.69. The maximum atomic E-state index is 11.1. The third kappa shape index (κ3) is 2.09. The van der Waals surface area contributed by atoms with Crippen LogP contribution in [0.2, 0.25) is 0 Å². The molecule has 4 nitrogen and oxygen atoms in total. The molecule has 0 unspecified atom stereocenters. The van der Waals surface area contributed by atoms with Crippen LogP contribution in [0.15, 0.2) is 36.5 Å². The maximum Gasteiger partial charge on any atom is 0.352 e. The van der Waals surface area contributed by atoms with Gasteiger partial charge in [0.25, 0.3) is 0 Å². The summed E-state index contributed by atoms with van der Waals surface area (Å²) in [6.07, 6.45) is 1.76. The molecule has 1 aromatic heterocycles. The Hall–Kier alpha value is -2.23. The monoisotopic (exact) mass is 244 g/mol. The van der Waals surface area contributed by atoms with Gasteiger partial charge in [0, 0.05) is 31.7 Å². The van der Waals surface area contributed by atoms with E-state index in [0.29, 0.717) is 0 Å². The number of benzene rings is 1. The van der Waals surface area contributed by atoms with Crippen LogP contribution in [0.5, 0.6) is 0 Å². The van der Waals surface area contributed by atoms with E-state index in [-0.39, 0.29) is 5.69 Å². The van der Waals surface area contributed by atoms with E-state index in [0.717, 1.165) is 16.9 Å². The van der Waals surface area contributed by atoms with E-state index in [1.165, 1.54) is 0 Å². The van der Waals surface area contributed by atoms with E-state index in [4.69, 9.17) is 5.11 Å². The summed E-state index contributed by atoms with van der Waals surface area (Å²) in [5.41, 5.74) is 3.36. The zero-order valence-electron chi connectivity index (χ0n) is 10.7. The van der Waals surface area contributed by atoms with Gasteiger partial charge in [-0.15, -0.1) is 0 Å². The van der Waals surface area contributed by atoms with Crippen molar-refractivity contribution in [3.8, 4) is 5.69 Å². The first kappa shape index (κ1) is 12.2. The molecule has 0 saturated carbocycles. The minimum atomic E-state index is -0.924. The first-order valence-electron chi connectivity index (χ1n) is 5.69. The lowest BCUT2D eigenvalue weighted by Gasteiger charge is -2.17. The third-order valence-corrected chi connectivity index (χ3v) is 2.92. The lowest BCUT2D eigenvalue weighted by molar-refractivity contribution is 0.0688. The molecule has 0 saturated heterocycles. The normalized spacial score (nSPS) is 10.4. The first-order chi connectivity index (χ1) is 8.50. The zero-order valence-corrected chi connectivity index (χ0v) is 10.7. The quantitative estimate of drug-likeness (QED) is 0.902. The number of aromatic nitrogens is 1. The van der Waals surface area contributed by atoms with Gasteiger partial charge in [0.1, 0.15) is 5.69 Å². The van der Waals surface area contributed by atoms with E-state index in [2.05, 4.69) is 0 Å². The van der Waals surface area contributed by atoms with Gasteiger partial charge >= 0.3 is 5.97 Å². The van der Waals surface area contributed by atoms with E-state index in [9.17, 15) is 4.79 Å². The van der Waals surface area contributed by atoms with Crippen LogP contribution in [0, 0.1) is 6.92 Å². The fourth-order valence-corrected chi connectivity index (χ4v) is 2.01. The Morgan fingerprint density at radius 3 is 2.61 bits per heavy atom. The molecule has 4 heteroatoms. The Bertz CT molecular complexity index is 585. The number of hydrogen-bond donors (Lipinski definition) is 1. The average molecular weight is 244 g/mol. The highest BCUT2D eigenvalue weighted by molar-refractivity contribution is 5.86. The summed E-state index contributed by atoms with van der Waals surface area (Å²) in [6, 6.07) is 9.24. The van der Waals surface area contributed by atoms with Crippen molar-refractivity contribution in [3.05, 3.63) is 47.8 Å². The summed E-state index contributed by atoms with van der Waals surface area (Å²) in [5, 5.41) is 9.12. The fraction of sp³-hybridized carbons (Fsp3) is 0.214. The molecule has 0 spiro atoms. The summed E-state index contributed by atoms with van der Waals surface area (Å²) < 4.78 is 1.68. The van der Waals surface area contributed by atoms with Crippen LogP contribution in [0.4, 0.5) is 5.69 Å². The molecule has 2 aromatic rings. The molecule has 18 heavy (non-hydrogen) atoms. The van der Waals surface area contributed by atoms with Gasteiger partial charge in [0.2, 0.25) is 0 Å². The number of aryl methyl sites for hydroxylation is 1. The highest BCUT2D eigenvalue weighted by atomic mass is 16.4. The maximum absolute atomic E-state index is 11.1. The molecule has 0 amide bonds. The van der Waals surface area contributed by atoms with Crippen LogP contribution in [0.3, 0.4) is 0 Å². The number of carboxylic acids is 1. The molecule has 0 radical (unpaired) electrons. The van der Waals surface area contributed by atoms with Gasteiger partial charge in [0.15, 0.2) is 0 Å². The number of hydrogen-bond acceptors (Lipinski definition) is 2. The van der Waals surface area contributed by atoms with Crippen LogP contribution in [-0.4, -0.2) is 29.7 Å². The SMILES string of the molecule is Cc1ccc(-n2cccc2C(=O)O)cc1N(C)C. The molecular formula is C14H16N2O2. The Balaban J connectivity index is 2.54. The minimum absolute atomic E-state index is 0.267. The largest absolute Gasteiger partial charge is 0.477 e. The van der Waals surface area contributed by atoms with Gasteiger partial charge in [-0.25, -0.2) is 4.79 Å². The van der Waals surface area contributed by atoms with E-state index < -0.39 is 5.97 Å². The number of anilines is 1. The molecule has 0 aliphatic heterocycles. The Labute approximate surface area is 106 Å². The smallest absolute Gasteiger partial charge is 0.352 e. The van der Waals surface area contributed by atoms with Gasteiger partial charge in [-0.1, -0.05) is 6.07 Å². The van der Waals surface area contributed by atoms with Crippen LogP contribution in [0.25, 0.3) is 5.69 Å². The predicted octanol–water partition coefficient (Wildman–Crippen LogP) is 2.55. The second-order valence-electron chi connectivity index (χ2n) is 4.43. The summed E-state index contributed by atoms with van der Waals surface area (Å²) >= 11 is 0. The van der Waals surface area contributed by atoms with Crippen LogP contribution in [-0.2, 0) is 0 Å². The second kappa shape index (κ2) is 4.56. The summed E-state index contributed by atoms with van der Waals surface area (Å²) in [5.74, 6) is -0.924. The van der Waals surface area contributed by atoms with Crippen molar-refractivity contribution in [2.45, 2.75) is 6.92 Å². The molecule has 1 aromatic carbocycles. The van der Waals surface area contributed by atoms with Crippen molar-refractivity contribution in [2.24, 2.45) is 0 Å². The molecule has 1 N–H and O–H groups in total. The molecule has 0 atom stereocenters. The number of nitrogens with zero attached hydrogens (tertiary/aromatic N) is 2. The summed E-state index contributed by atoms with van der Waals surface area (Å²) in [4.78, 5) is 13.1. The van der Waals surface area contributed by atoms with E-state index in [1.807, 2.05) is 44.1 Å². The predicted molar refractivity (Wildman–Crippen MR) is 71.8 cm³/mol. The topological polar surface area (TPSA) is 45.5 Å². The van der Waals surface area contributed by atoms with Gasteiger partial charge < -0.3 is 14.6 Å². The molecule has 2 rings (SSSR count). The molecular weight excluding hydrogens is 228 g/mol. The highest BCUT2D eigenvalue weighted by Gasteiger charge is 2.11. The van der Waals surface area contributed by atoms with Crippen molar-refractivity contribution in [1.29, 1.82) is 0 Å². The molecule has 94 valence electrons. The van der Waals surface area contributed by atoms with Gasteiger partial charge in [-0.05, 0) is 36.8 Å². The lowest BCUT2D eigenvalue weighted by atomic mass is 10.1. The highest BCUT2D eigenvalue weighted by Crippen LogP contribution is 2.23. The van der Waals surface area contributed by atoms with Gasteiger partial charge in [0.05, 0.1) is 0 Å². The third-order valence-electron chi connectivity index (χ3n) is 2.92. The van der Waals surface area contributed by atoms with Gasteiger partial charge in [-0.2, -0.15) is 0 Å².